The number of nitrogens with one attached hydrogen (secondary N) is 1. The minimum atomic E-state index is -2.88. The molecule has 3 aromatic rings. The number of alkyl halides is 2. The van der Waals surface area contributed by atoms with E-state index in [1.54, 1.807) is 42.5 Å². The SMILES string of the molecule is CC(C)(C)c1cccc(N(C(=O)C2CCC(=O)N2c2nccc(C#N)n2)C(C(=O)NC2CC(F)(F)C2)c2ccccc2Cl)c1. The normalized spacial score (nSPS) is 18.7. The molecule has 1 aromatic heterocycles. The van der Waals surface area contributed by atoms with Crippen molar-refractivity contribution >= 4 is 41.0 Å². The number of nitriles is 1. The van der Waals surface area contributed by atoms with E-state index in [-0.39, 0.29) is 40.5 Å². The second-order valence-electron chi connectivity index (χ2n) is 12.1. The highest BCUT2D eigenvalue weighted by Gasteiger charge is 2.49. The van der Waals surface area contributed by atoms with Gasteiger partial charge in [0.1, 0.15) is 23.8 Å². The topological polar surface area (TPSA) is 119 Å². The van der Waals surface area contributed by atoms with Crippen molar-refractivity contribution in [3.05, 3.63) is 82.6 Å². The lowest BCUT2D eigenvalue weighted by atomic mass is 9.86. The van der Waals surface area contributed by atoms with E-state index in [1.165, 1.54) is 17.2 Å². The lowest BCUT2D eigenvalue weighted by Crippen LogP contribution is -2.56. The van der Waals surface area contributed by atoms with E-state index >= 15 is 0 Å². The summed E-state index contributed by atoms with van der Waals surface area (Å²) >= 11 is 6.62. The molecule has 1 N–H and O–H groups in total. The average Bonchev–Trinajstić information content (AvgIpc) is 3.36. The zero-order valence-corrected chi connectivity index (χ0v) is 25.2. The maximum Gasteiger partial charge on any atom is 0.252 e. The maximum absolute atomic E-state index is 14.8. The first-order chi connectivity index (χ1) is 20.8. The summed E-state index contributed by atoms with van der Waals surface area (Å²) < 4.78 is 27.5. The molecule has 1 saturated heterocycles. The molecular formula is C32H31ClF2N6O3. The molecule has 1 aliphatic heterocycles. The second-order valence-corrected chi connectivity index (χ2v) is 12.5. The van der Waals surface area contributed by atoms with E-state index in [1.807, 2.05) is 32.9 Å². The molecular weight excluding hydrogens is 590 g/mol. The number of hydrogen-bond donors (Lipinski definition) is 1. The van der Waals surface area contributed by atoms with E-state index in [2.05, 4.69) is 15.3 Å². The first-order valence-electron chi connectivity index (χ1n) is 14.2. The van der Waals surface area contributed by atoms with E-state index in [0.29, 0.717) is 5.69 Å². The number of amides is 3. The summed E-state index contributed by atoms with van der Waals surface area (Å²) in [7, 11) is 0. The minimum absolute atomic E-state index is 0.00648. The Balaban J connectivity index is 1.65. The molecule has 0 spiro atoms. The Morgan fingerprint density at radius 2 is 1.89 bits per heavy atom. The number of halogens is 3. The van der Waals surface area contributed by atoms with Gasteiger partial charge >= 0.3 is 0 Å². The number of anilines is 2. The monoisotopic (exact) mass is 620 g/mol. The van der Waals surface area contributed by atoms with E-state index < -0.39 is 54.6 Å². The molecule has 0 radical (unpaired) electrons. The average molecular weight is 621 g/mol. The molecule has 0 bridgehead atoms. The van der Waals surface area contributed by atoms with Crippen molar-refractivity contribution in [3.8, 4) is 6.07 Å². The Bertz CT molecular complexity index is 1650. The van der Waals surface area contributed by atoms with Crippen molar-refractivity contribution in [2.24, 2.45) is 0 Å². The van der Waals surface area contributed by atoms with Gasteiger partial charge in [-0.1, -0.05) is 62.7 Å². The van der Waals surface area contributed by atoms with Crippen LogP contribution in [0.4, 0.5) is 20.4 Å². The molecule has 2 unspecified atom stereocenters. The van der Waals surface area contributed by atoms with Gasteiger partial charge in [0.05, 0.1) is 0 Å². The van der Waals surface area contributed by atoms with Gasteiger partial charge in [-0.2, -0.15) is 5.26 Å². The van der Waals surface area contributed by atoms with E-state index in [0.717, 1.165) is 10.5 Å². The van der Waals surface area contributed by atoms with Crippen LogP contribution < -0.4 is 15.1 Å². The molecule has 9 nitrogen and oxygen atoms in total. The van der Waals surface area contributed by atoms with Crippen LogP contribution in [0, 0.1) is 11.3 Å². The van der Waals surface area contributed by atoms with Crippen molar-refractivity contribution in [1.29, 1.82) is 5.26 Å². The summed E-state index contributed by atoms with van der Waals surface area (Å²) in [4.78, 5) is 52.7. The maximum atomic E-state index is 14.8. The zero-order valence-electron chi connectivity index (χ0n) is 24.4. The fourth-order valence-corrected chi connectivity index (χ4v) is 5.76. The molecule has 12 heteroatoms. The third-order valence-corrected chi connectivity index (χ3v) is 8.18. The Kier molecular flexibility index (Phi) is 8.40. The van der Waals surface area contributed by atoms with Gasteiger partial charge < -0.3 is 5.32 Å². The van der Waals surface area contributed by atoms with Gasteiger partial charge in [-0.05, 0) is 41.7 Å². The number of nitrogens with zero attached hydrogens (tertiary/aromatic N) is 5. The molecule has 228 valence electrons. The van der Waals surface area contributed by atoms with Gasteiger partial charge in [-0.3, -0.25) is 24.2 Å². The Hall–Kier alpha value is -4.43. The first kappa shape index (κ1) is 31.0. The van der Waals surface area contributed by atoms with Gasteiger partial charge in [-0.25, -0.2) is 18.7 Å². The Morgan fingerprint density at radius 3 is 2.55 bits per heavy atom. The molecule has 2 heterocycles. The van der Waals surface area contributed by atoms with Crippen LogP contribution >= 0.6 is 11.6 Å². The third kappa shape index (κ3) is 6.26. The highest BCUT2D eigenvalue weighted by molar-refractivity contribution is 6.31. The van der Waals surface area contributed by atoms with Crippen LogP contribution in [0.2, 0.25) is 5.02 Å². The van der Waals surface area contributed by atoms with Crippen molar-refractivity contribution in [1.82, 2.24) is 15.3 Å². The predicted octanol–water partition coefficient (Wildman–Crippen LogP) is 5.48. The molecule has 1 aliphatic carbocycles. The van der Waals surface area contributed by atoms with Gasteiger partial charge in [0.2, 0.25) is 17.8 Å². The van der Waals surface area contributed by atoms with E-state index in [4.69, 9.17) is 11.6 Å². The first-order valence-corrected chi connectivity index (χ1v) is 14.6. The lowest BCUT2D eigenvalue weighted by Gasteiger charge is -2.39. The summed E-state index contributed by atoms with van der Waals surface area (Å²) in [5.41, 5.74) is 1.19. The number of carbonyl (C=O) groups is 3. The van der Waals surface area contributed by atoms with Gasteiger partial charge in [0.15, 0.2) is 0 Å². The smallest absolute Gasteiger partial charge is 0.252 e. The van der Waals surface area contributed by atoms with Crippen LogP contribution in [0.5, 0.6) is 0 Å². The fourth-order valence-electron chi connectivity index (χ4n) is 5.52. The van der Waals surface area contributed by atoms with Gasteiger partial charge in [-0.15, -0.1) is 0 Å². The number of hydrogen-bond acceptors (Lipinski definition) is 6. The third-order valence-electron chi connectivity index (χ3n) is 7.84. The van der Waals surface area contributed by atoms with Crippen molar-refractivity contribution in [2.75, 3.05) is 9.80 Å². The summed E-state index contributed by atoms with van der Waals surface area (Å²) in [6, 6.07) is 13.7. The molecule has 2 aliphatic rings. The largest absolute Gasteiger partial charge is 0.351 e. The molecule has 1 saturated carbocycles. The van der Waals surface area contributed by atoms with Crippen LogP contribution in [0.15, 0.2) is 60.8 Å². The van der Waals surface area contributed by atoms with Crippen molar-refractivity contribution in [2.45, 2.75) is 75.9 Å². The lowest BCUT2D eigenvalue weighted by molar-refractivity contribution is -0.133. The minimum Gasteiger partial charge on any atom is -0.351 e. The Labute approximate surface area is 258 Å². The predicted molar refractivity (Wildman–Crippen MR) is 160 cm³/mol. The summed E-state index contributed by atoms with van der Waals surface area (Å²) in [5, 5.41) is 12.3. The molecule has 44 heavy (non-hydrogen) atoms. The van der Waals surface area contributed by atoms with Crippen LogP contribution in [0.1, 0.15) is 69.3 Å². The van der Waals surface area contributed by atoms with Gasteiger partial charge in [0, 0.05) is 47.8 Å². The molecule has 2 atom stereocenters. The molecule has 3 amide bonds. The fraction of sp³-hybridized carbons (Fsp3) is 0.375. The molecule has 5 rings (SSSR count). The highest BCUT2D eigenvalue weighted by atomic mass is 35.5. The number of carbonyl (C=O) groups excluding carboxylic acids is 3. The number of aromatic nitrogens is 2. The molecule has 2 aromatic carbocycles. The van der Waals surface area contributed by atoms with Crippen molar-refractivity contribution in [3.63, 3.8) is 0 Å². The summed E-state index contributed by atoms with van der Waals surface area (Å²) in [6.45, 7) is 6.01. The summed E-state index contributed by atoms with van der Waals surface area (Å²) in [6.07, 6.45) is 0.399. The van der Waals surface area contributed by atoms with Crippen molar-refractivity contribution < 1.29 is 23.2 Å². The summed E-state index contributed by atoms with van der Waals surface area (Å²) in [5.74, 6) is -4.71. The number of benzene rings is 2. The highest BCUT2D eigenvalue weighted by Crippen LogP contribution is 2.40. The molecule has 2 fully saturated rings. The standard InChI is InChI=1S/C32H31ClF2N6O3/c1-31(2,3)19-7-6-8-22(15-19)40(29(44)25-11-12-26(42)41(25)30-37-14-13-20(18-36)39-30)27(23-9-4-5-10-24(23)33)28(43)38-21-16-32(34,35)17-21/h4-10,13-15,21,25,27H,11-12,16-17H2,1-3H3,(H,38,43). The second kappa shape index (κ2) is 11.9. The quantitative estimate of drug-likeness (QED) is 0.373. The van der Waals surface area contributed by atoms with Crippen LogP contribution in [0.25, 0.3) is 0 Å². The number of rotatable bonds is 7. The van der Waals surface area contributed by atoms with Crippen LogP contribution in [0.3, 0.4) is 0 Å². The Morgan fingerprint density at radius 1 is 1.16 bits per heavy atom. The van der Waals surface area contributed by atoms with Gasteiger partial charge in [0.25, 0.3) is 11.8 Å². The van der Waals surface area contributed by atoms with Crippen LogP contribution in [-0.2, 0) is 19.8 Å². The van der Waals surface area contributed by atoms with Crippen LogP contribution in [-0.4, -0.2) is 45.7 Å². The zero-order chi connectivity index (χ0) is 31.8. The van der Waals surface area contributed by atoms with E-state index in [9.17, 15) is 28.4 Å².